The molecule has 0 saturated carbocycles. The summed E-state index contributed by atoms with van der Waals surface area (Å²) in [6.45, 7) is 1.85. The zero-order valence-corrected chi connectivity index (χ0v) is 6.28. The number of hydrogen-bond acceptors (Lipinski definition) is 2. The van der Waals surface area contributed by atoms with Crippen molar-refractivity contribution >= 4 is 18.3 Å². The number of carbonyl (C=O) groups excluding carboxylic acids is 1. The maximum absolute atomic E-state index is 10.1. The second kappa shape index (κ2) is 5.85. The minimum Gasteiger partial charge on any atom is -0.370 e. The van der Waals surface area contributed by atoms with Crippen LogP contribution in [0.5, 0.6) is 0 Å². The van der Waals surface area contributed by atoms with Gasteiger partial charge in [-0.1, -0.05) is 0 Å². The molecule has 0 aliphatic heterocycles. The van der Waals surface area contributed by atoms with E-state index in [0.717, 1.165) is 0 Å². The van der Waals surface area contributed by atoms with Crippen LogP contribution in [0.2, 0.25) is 0 Å². The van der Waals surface area contributed by atoms with Gasteiger partial charge in [0.05, 0.1) is 0 Å². The van der Waals surface area contributed by atoms with E-state index in [2.05, 4.69) is 0 Å². The summed E-state index contributed by atoms with van der Waals surface area (Å²) in [5.41, 5.74) is 10.2. The maximum Gasteiger partial charge on any atom is 0.217 e. The van der Waals surface area contributed by atoms with Crippen LogP contribution >= 0.6 is 12.4 Å². The van der Waals surface area contributed by atoms with E-state index in [-0.39, 0.29) is 24.4 Å². The van der Waals surface area contributed by atoms with Gasteiger partial charge in [0.25, 0.3) is 0 Å². The minimum absolute atomic E-state index is 0. The van der Waals surface area contributed by atoms with E-state index in [1.165, 1.54) is 0 Å². The summed E-state index contributed by atoms with van der Waals surface area (Å²) in [5, 5.41) is 0. The lowest BCUT2D eigenvalue weighted by atomic mass is 10.2. The average Bonchev–Trinajstić information content (AvgIpc) is 1.61. The van der Waals surface area contributed by atoms with Crippen LogP contribution < -0.4 is 11.5 Å². The lowest BCUT2D eigenvalue weighted by Gasteiger charge is -1.99. The van der Waals surface area contributed by atoms with Gasteiger partial charge in [-0.2, -0.15) is 0 Å². The van der Waals surface area contributed by atoms with E-state index >= 15 is 0 Å². The number of hydrogen-bond donors (Lipinski definition) is 2. The number of halogens is 1. The monoisotopic (exact) mass is 152 g/mol. The third-order valence-electron chi connectivity index (χ3n) is 0.846. The van der Waals surface area contributed by atoms with Gasteiger partial charge < -0.3 is 11.5 Å². The fourth-order valence-electron chi connectivity index (χ4n) is 0.370. The summed E-state index contributed by atoms with van der Waals surface area (Å²) in [7, 11) is 0. The number of nitrogens with two attached hydrogens (primary N) is 2. The van der Waals surface area contributed by atoms with Crippen LogP contribution in [0.1, 0.15) is 19.8 Å². The molecule has 0 unspecified atom stereocenters. The summed E-state index contributed by atoms with van der Waals surface area (Å²) in [5.74, 6) is -0.276. The number of primary amides is 1. The Morgan fingerprint density at radius 2 is 2.11 bits per heavy atom. The quantitative estimate of drug-likeness (QED) is 0.599. The normalized spacial score (nSPS) is 11.8. The van der Waals surface area contributed by atoms with Crippen LogP contribution in [0.3, 0.4) is 0 Å². The number of amides is 1. The zero-order chi connectivity index (χ0) is 6.57. The SMILES string of the molecule is C[C@@H](N)CCC(N)=O.Cl. The van der Waals surface area contributed by atoms with Crippen molar-refractivity contribution in [3.05, 3.63) is 0 Å². The molecule has 0 fully saturated rings. The van der Waals surface area contributed by atoms with Gasteiger partial charge in [-0.3, -0.25) is 4.79 Å². The van der Waals surface area contributed by atoms with Gasteiger partial charge in [0.15, 0.2) is 0 Å². The van der Waals surface area contributed by atoms with Crippen molar-refractivity contribution in [1.29, 1.82) is 0 Å². The molecule has 0 aliphatic rings. The van der Waals surface area contributed by atoms with Crippen molar-refractivity contribution in [2.45, 2.75) is 25.8 Å². The predicted molar refractivity (Wildman–Crippen MR) is 39.3 cm³/mol. The Morgan fingerprint density at radius 3 is 2.22 bits per heavy atom. The van der Waals surface area contributed by atoms with Gasteiger partial charge in [0, 0.05) is 12.5 Å². The molecule has 0 spiro atoms. The lowest BCUT2D eigenvalue weighted by molar-refractivity contribution is -0.118. The summed E-state index contributed by atoms with van der Waals surface area (Å²) in [6.07, 6.45) is 1.09. The third-order valence-corrected chi connectivity index (χ3v) is 0.846. The number of carbonyl (C=O) groups is 1. The van der Waals surface area contributed by atoms with Crippen molar-refractivity contribution in [3.8, 4) is 0 Å². The highest BCUT2D eigenvalue weighted by Crippen LogP contribution is 1.89. The van der Waals surface area contributed by atoms with Gasteiger partial charge in [-0.25, -0.2) is 0 Å². The Morgan fingerprint density at radius 1 is 1.67 bits per heavy atom. The van der Waals surface area contributed by atoms with Crippen LogP contribution in [0, 0.1) is 0 Å². The highest BCUT2D eigenvalue weighted by atomic mass is 35.5. The van der Waals surface area contributed by atoms with Gasteiger partial charge in [-0.15, -0.1) is 12.4 Å². The summed E-state index contributed by atoms with van der Waals surface area (Å²) in [4.78, 5) is 10.1. The first-order valence-corrected chi connectivity index (χ1v) is 2.67. The molecule has 0 aromatic carbocycles. The van der Waals surface area contributed by atoms with E-state index in [4.69, 9.17) is 11.5 Å². The second-order valence-corrected chi connectivity index (χ2v) is 1.98. The number of rotatable bonds is 3. The highest BCUT2D eigenvalue weighted by Gasteiger charge is 1.96. The molecular formula is C5H13ClN2O. The molecule has 4 N–H and O–H groups in total. The summed E-state index contributed by atoms with van der Waals surface area (Å²) >= 11 is 0. The lowest BCUT2D eigenvalue weighted by Crippen LogP contribution is -2.19. The first kappa shape index (κ1) is 11.5. The first-order valence-electron chi connectivity index (χ1n) is 2.67. The molecule has 0 aromatic rings. The molecule has 0 heterocycles. The Bertz CT molecular complexity index is 85.0. The van der Waals surface area contributed by atoms with Crippen LogP contribution in [0.25, 0.3) is 0 Å². The van der Waals surface area contributed by atoms with Crippen LogP contribution in [0.4, 0.5) is 0 Å². The molecule has 0 bridgehead atoms. The molecule has 0 saturated heterocycles. The molecule has 0 aromatic heterocycles. The first-order chi connectivity index (χ1) is 3.63. The standard InChI is InChI=1S/C5H12N2O.ClH/c1-4(6)2-3-5(7)8;/h4H,2-3,6H2,1H3,(H2,7,8);1H/t4-;/m1./s1. The van der Waals surface area contributed by atoms with E-state index in [0.29, 0.717) is 12.8 Å². The molecule has 0 rings (SSSR count). The molecule has 9 heavy (non-hydrogen) atoms. The van der Waals surface area contributed by atoms with Gasteiger partial charge >= 0.3 is 0 Å². The Labute approximate surface area is 61.2 Å². The largest absolute Gasteiger partial charge is 0.370 e. The third kappa shape index (κ3) is 11.3. The van der Waals surface area contributed by atoms with E-state index in [1.54, 1.807) is 0 Å². The van der Waals surface area contributed by atoms with E-state index in [1.807, 2.05) is 6.92 Å². The molecule has 56 valence electrons. The van der Waals surface area contributed by atoms with Crippen molar-refractivity contribution in [1.82, 2.24) is 0 Å². The van der Waals surface area contributed by atoms with Crippen molar-refractivity contribution < 1.29 is 4.79 Å². The molecule has 0 radical (unpaired) electrons. The maximum atomic E-state index is 10.1. The molecule has 4 heteroatoms. The Kier molecular flexibility index (Phi) is 7.48. The summed E-state index contributed by atoms with van der Waals surface area (Å²) in [6, 6.07) is 0.0856. The fraction of sp³-hybridized carbons (Fsp3) is 0.800. The van der Waals surface area contributed by atoms with Crippen LogP contribution in [0.15, 0.2) is 0 Å². The van der Waals surface area contributed by atoms with Crippen LogP contribution in [-0.4, -0.2) is 11.9 Å². The predicted octanol–water partition coefficient (Wildman–Crippen LogP) is 0.0209. The topological polar surface area (TPSA) is 69.1 Å². The van der Waals surface area contributed by atoms with Crippen molar-refractivity contribution in [2.75, 3.05) is 0 Å². The van der Waals surface area contributed by atoms with Crippen molar-refractivity contribution in [3.63, 3.8) is 0 Å². The van der Waals surface area contributed by atoms with E-state index in [9.17, 15) is 4.79 Å². The van der Waals surface area contributed by atoms with Gasteiger partial charge in [0.2, 0.25) is 5.91 Å². The zero-order valence-electron chi connectivity index (χ0n) is 5.46. The van der Waals surface area contributed by atoms with E-state index < -0.39 is 0 Å². The Hall–Kier alpha value is -0.280. The second-order valence-electron chi connectivity index (χ2n) is 1.98. The summed E-state index contributed by atoms with van der Waals surface area (Å²) < 4.78 is 0. The highest BCUT2D eigenvalue weighted by molar-refractivity contribution is 5.85. The Balaban J connectivity index is 0. The minimum atomic E-state index is -0.276. The van der Waals surface area contributed by atoms with Crippen LogP contribution in [-0.2, 0) is 4.79 Å². The van der Waals surface area contributed by atoms with Crippen molar-refractivity contribution in [2.24, 2.45) is 11.5 Å². The molecule has 0 aliphatic carbocycles. The molecule has 1 amide bonds. The van der Waals surface area contributed by atoms with Gasteiger partial charge in [-0.05, 0) is 13.3 Å². The molecule has 1 atom stereocenters. The fourth-order valence-corrected chi connectivity index (χ4v) is 0.370. The molecular weight excluding hydrogens is 140 g/mol. The smallest absolute Gasteiger partial charge is 0.217 e. The average molecular weight is 153 g/mol. The molecule has 3 nitrogen and oxygen atoms in total. The van der Waals surface area contributed by atoms with Gasteiger partial charge in [0.1, 0.15) is 0 Å².